The van der Waals surface area contributed by atoms with Crippen molar-refractivity contribution in [2.45, 2.75) is 4.90 Å². The van der Waals surface area contributed by atoms with Crippen LogP contribution in [0.3, 0.4) is 0 Å². The Kier molecular flexibility index (Phi) is 3.63. The number of hydrogen-bond acceptors (Lipinski definition) is 5. The van der Waals surface area contributed by atoms with E-state index in [1.807, 2.05) is 0 Å². The second-order valence-corrected chi connectivity index (χ2v) is 6.30. The number of benzene rings is 3. The van der Waals surface area contributed by atoms with Crippen LogP contribution < -0.4 is 5.43 Å². The molecule has 0 amide bonds. The fourth-order valence-electron chi connectivity index (χ4n) is 3.07. The molecule has 128 valence electrons. The largest absolute Gasteiger partial charge is 0.780 e. The molecule has 26 heavy (non-hydrogen) atoms. The molecule has 1 aliphatic heterocycles. The summed E-state index contributed by atoms with van der Waals surface area (Å²) in [6, 6.07) is 13.5. The predicted molar refractivity (Wildman–Crippen MR) is 98.8 cm³/mol. The maximum atomic E-state index is 11.7. The van der Waals surface area contributed by atoms with E-state index in [-0.39, 0.29) is 16.7 Å². The van der Waals surface area contributed by atoms with Crippen LogP contribution in [0.2, 0.25) is 0 Å². The van der Waals surface area contributed by atoms with E-state index in [0.717, 1.165) is 0 Å². The summed E-state index contributed by atoms with van der Waals surface area (Å²) in [4.78, 5) is 24.0. The van der Waals surface area contributed by atoms with Crippen LogP contribution in [0.5, 0.6) is 5.75 Å². The third-order valence-corrected chi connectivity index (χ3v) is 4.42. The molecule has 0 atom stereocenters. The summed E-state index contributed by atoms with van der Waals surface area (Å²) in [5, 5.41) is 20.0. The predicted octanol–water partition coefficient (Wildman–Crippen LogP) is 3.87. The van der Waals surface area contributed by atoms with Gasteiger partial charge in [-0.05, 0) is 35.9 Å². The smallest absolute Gasteiger partial charge is 0.336 e. The number of carbonyl (C=O) groups is 1. The lowest BCUT2D eigenvalue weighted by Crippen LogP contribution is -2.03. The Balaban J connectivity index is 2.23. The van der Waals surface area contributed by atoms with Crippen LogP contribution in [-0.2, 0) is 12.6 Å². The first kappa shape index (κ1) is 16.1. The molecular weight excluding hydrogens is 352 g/mol. The van der Waals surface area contributed by atoms with Gasteiger partial charge in [-0.25, -0.2) is 4.79 Å². The zero-order chi connectivity index (χ0) is 18.4. The molecule has 0 radical (unpaired) electrons. The molecule has 1 aliphatic carbocycles. The van der Waals surface area contributed by atoms with Crippen LogP contribution in [0.15, 0.2) is 68.7 Å². The average molecular weight is 363 g/mol. The fraction of sp³-hybridized carbons (Fsp3) is 0. The summed E-state index contributed by atoms with van der Waals surface area (Å²) >= 11 is 5.23. The Hall–Kier alpha value is -3.38. The molecule has 0 unspecified atom stereocenters. The molecule has 6 heteroatoms. The van der Waals surface area contributed by atoms with E-state index in [2.05, 4.69) is 0 Å². The van der Waals surface area contributed by atoms with Crippen LogP contribution in [0.25, 0.3) is 33.4 Å². The van der Waals surface area contributed by atoms with Crippen molar-refractivity contribution >= 4 is 29.6 Å². The monoisotopic (exact) mass is 363 g/mol. The van der Waals surface area contributed by atoms with Crippen LogP contribution >= 0.6 is 0 Å². The summed E-state index contributed by atoms with van der Waals surface area (Å²) in [5.74, 6) is -0.784. The first-order chi connectivity index (χ1) is 12.4. The lowest BCUT2D eigenvalue weighted by molar-refractivity contribution is 0.0697. The third kappa shape index (κ3) is 2.57. The number of rotatable bonds is 2. The first-order valence-corrected chi connectivity index (χ1v) is 8.09. The van der Waals surface area contributed by atoms with Gasteiger partial charge in [0.15, 0.2) is 5.43 Å². The van der Waals surface area contributed by atoms with E-state index >= 15 is 0 Å². The van der Waals surface area contributed by atoms with Crippen molar-refractivity contribution in [3.8, 4) is 28.2 Å². The van der Waals surface area contributed by atoms with Gasteiger partial charge in [-0.1, -0.05) is 12.1 Å². The minimum absolute atomic E-state index is 0.000283. The zero-order valence-corrected chi connectivity index (χ0v) is 14.0. The normalized spacial score (nSPS) is 11.1. The standard InChI is InChI=1S/C20H12O5S/c21-10-1-4-14-17(7-10)25-18-8-11(22)2-5-15(18)19(14)16-9-12(26)3-6-13(16)20(23)24/h1-9,21,26H,(H,23,24)/p-1. The van der Waals surface area contributed by atoms with Crippen LogP contribution in [-0.4, -0.2) is 16.2 Å². The van der Waals surface area contributed by atoms with Crippen LogP contribution in [0.4, 0.5) is 0 Å². The van der Waals surface area contributed by atoms with Crippen molar-refractivity contribution in [2.75, 3.05) is 0 Å². The van der Waals surface area contributed by atoms with E-state index in [1.165, 1.54) is 30.3 Å². The Labute approximate surface area is 152 Å². The number of phenolic OH excluding ortho intramolecular Hbond substituents is 1. The molecule has 5 nitrogen and oxygen atoms in total. The Morgan fingerprint density at radius 2 is 1.77 bits per heavy atom. The lowest BCUT2D eigenvalue weighted by Gasteiger charge is -2.18. The molecule has 0 bridgehead atoms. The minimum atomic E-state index is -1.09. The average Bonchev–Trinajstić information content (AvgIpc) is 2.59. The molecule has 2 aromatic carbocycles. The highest BCUT2D eigenvalue weighted by Crippen LogP contribution is 2.42. The summed E-state index contributed by atoms with van der Waals surface area (Å²) in [6.45, 7) is 0. The molecular formula is C20H11O5S-. The van der Waals surface area contributed by atoms with Crippen molar-refractivity contribution in [2.24, 2.45) is 0 Å². The summed E-state index contributed by atoms with van der Waals surface area (Å²) in [6.07, 6.45) is 0. The Morgan fingerprint density at radius 3 is 2.54 bits per heavy atom. The van der Waals surface area contributed by atoms with Gasteiger partial charge in [0.25, 0.3) is 0 Å². The van der Waals surface area contributed by atoms with Gasteiger partial charge in [0.2, 0.25) is 0 Å². The van der Waals surface area contributed by atoms with E-state index in [1.54, 1.807) is 24.3 Å². The highest BCUT2D eigenvalue weighted by Gasteiger charge is 2.21. The molecule has 0 spiro atoms. The zero-order valence-electron chi connectivity index (χ0n) is 13.2. The van der Waals surface area contributed by atoms with Crippen molar-refractivity contribution in [3.63, 3.8) is 0 Å². The number of phenols is 1. The second-order valence-electron chi connectivity index (χ2n) is 5.83. The summed E-state index contributed by atoms with van der Waals surface area (Å²) in [5.41, 5.74) is 1.80. The summed E-state index contributed by atoms with van der Waals surface area (Å²) < 4.78 is 5.77. The maximum Gasteiger partial charge on any atom is 0.336 e. The van der Waals surface area contributed by atoms with E-state index in [9.17, 15) is 19.8 Å². The molecule has 4 rings (SSSR count). The van der Waals surface area contributed by atoms with E-state index < -0.39 is 5.97 Å². The van der Waals surface area contributed by atoms with Crippen molar-refractivity contribution in [1.29, 1.82) is 0 Å². The van der Waals surface area contributed by atoms with Crippen LogP contribution in [0, 0.1) is 0 Å². The Bertz CT molecular complexity index is 1210. The lowest BCUT2D eigenvalue weighted by atomic mass is 9.91. The van der Waals surface area contributed by atoms with Crippen molar-refractivity contribution in [1.82, 2.24) is 0 Å². The highest BCUT2D eigenvalue weighted by molar-refractivity contribution is 7.58. The molecule has 0 saturated carbocycles. The topological polar surface area (TPSA) is 87.7 Å². The number of fused-ring (bicyclic) bond motifs is 2. The fourth-order valence-corrected chi connectivity index (χ4v) is 3.25. The molecule has 0 aromatic heterocycles. The minimum Gasteiger partial charge on any atom is -0.780 e. The molecule has 1 heterocycles. The van der Waals surface area contributed by atoms with Crippen molar-refractivity contribution < 1.29 is 19.4 Å². The quantitative estimate of drug-likeness (QED) is 0.415. The number of aromatic hydroxyl groups is 1. The van der Waals surface area contributed by atoms with Gasteiger partial charge in [0, 0.05) is 28.6 Å². The Morgan fingerprint density at radius 1 is 0.962 bits per heavy atom. The highest BCUT2D eigenvalue weighted by atomic mass is 32.1. The molecule has 2 aromatic rings. The molecule has 2 N–H and O–H groups in total. The molecule has 0 saturated heterocycles. The van der Waals surface area contributed by atoms with E-state index in [4.69, 9.17) is 17.0 Å². The molecule has 0 fully saturated rings. The van der Waals surface area contributed by atoms with Gasteiger partial charge in [-0.3, -0.25) is 4.79 Å². The number of hydrogen-bond donors (Lipinski definition) is 2. The van der Waals surface area contributed by atoms with E-state index in [0.29, 0.717) is 38.3 Å². The van der Waals surface area contributed by atoms with Crippen LogP contribution in [0.1, 0.15) is 10.4 Å². The van der Waals surface area contributed by atoms with Gasteiger partial charge in [-0.2, -0.15) is 4.90 Å². The summed E-state index contributed by atoms with van der Waals surface area (Å²) in [7, 11) is 0. The third-order valence-electron chi connectivity index (χ3n) is 4.17. The van der Waals surface area contributed by atoms with Gasteiger partial charge in [-0.15, -0.1) is 0 Å². The van der Waals surface area contributed by atoms with Crippen molar-refractivity contribution in [3.05, 3.63) is 70.4 Å². The maximum absolute atomic E-state index is 11.7. The van der Waals surface area contributed by atoms with Gasteiger partial charge in [0.1, 0.15) is 17.1 Å². The van der Waals surface area contributed by atoms with Gasteiger partial charge < -0.3 is 27.3 Å². The SMILES string of the molecule is O=C(O)c1ccc([S-])cc1-c1c2ccc(=O)cc-2oc2cc(O)ccc12. The first-order valence-electron chi connectivity index (χ1n) is 7.68. The number of carboxylic acid groups (broad SMARTS) is 1. The number of carboxylic acids is 1. The number of aromatic carboxylic acids is 1. The second kappa shape index (κ2) is 5.86. The van der Waals surface area contributed by atoms with Gasteiger partial charge >= 0.3 is 5.97 Å². The van der Waals surface area contributed by atoms with Gasteiger partial charge in [0.05, 0.1) is 5.56 Å². The molecule has 2 aliphatic rings.